The third-order valence-electron chi connectivity index (χ3n) is 7.57. The average Bonchev–Trinajstić information content (AvgIpc) is 3.03. The number of halogens is 5. The topological polar surface area (TPSA) is 79.5 Å². The van der Waals surface area contributed by atoms with Gasteiger partial charge in [-0.25, -0.2) is 8.78 Å². The number of carbonyl (C=O) groups excluding carboxylic acids is 2. The lowest BCUT2D eigenvalue weighted by molar-refractivity contribution is -0.148. The van der Waals surface area contributed by atoms with Crippen molar-refractivity contribution in [3.8, 4) is 0 Å². The molecule has 11 heteroatoms. The molecule has 0 saturated carbocycles. The van der Waals surface area contributed by atoms with Crippen molar-refractivity contribution in [2.45, 2.75) is 56.9 Å². The van der Waals surface area contributed by atoms with Gasteiger partial charge in [-0.15, -0.1) is 24.8 Å². The van der Waals surface area contributed by atoms with Crippen molar-refractivity contribution < 1.29 is 18.4 Å². The number of amides is 2. The number of pyridine rings is 1. The number of nitrogens with zero attached hydrogens (tertiary/aromatic N) is 3. The van der Waals surface area contributed by atoms with E-state index in [-0.39, 0.29) is 56.0 Å². The van der Waals surface area contributed by atoms with E-state index in [4.69, 9.17) is 22.3 Å². The van der Waals surface area contributed by atoms with Crippen molar-refractivity contribution in [1.82, 2.24) is 14.8 Å². The largest absolute Gasteiger partial charge is 0.342 e. The normalized spacial score (nSPS) is 19.2. The van der Waals surface area contributed by atoms with E-state index in [1.54, 1.807) is 4.90 Å². The van der Waals surface area contributed by atoms with Gasteiger partial charge in [0.25, 0.3) is 5.92 Å². The zero-order valence-corrected chi connectivity index (χ0v) is 23.9. The quantitative estimate of drug-likeness (QED) is 0.530. The molecule has 1 aromatic heterocycles. The van der Waals surface area contributed by atoms with Gasteiger partial charge in [-0.3, -0.25) is 14.6 Å². The molecule has 6 nitrogen and oxygen atoms in total. The maximum atomic E-state index is 13.7. The van der Waals surface area contributed by atoms with Crippen molar-refractivity contribution in [2.75, 3.05) is 26.2 Å². The van der Waals surface area contributed by atoms with Crippen LogP contribution in [0.15, 0.2) is 42.1 Å². The lowest BCUT2D eigenvalue weighted by Crippen LogP contribution is -2.51. The molecular formula is C28H33Cl3F2N4O2. The van der Waals surface area contributed by atoms with Crippen LogP contribution in [0.3, 0.4) is 0 Å². The highest BCUT2D eigenvalue weighted by molar-refractivity contribution is 6.30. The van der Waals surface area contributed by atoms with E-state index in [1.807, 2.05) is 24.4 Å². The maximum absolute atomic E-state index is 13.7. The van der Waals surface area contributed by atoms with Gasteiger partial charge in [0.1, 0.15) is 0 Å². The molecule has 1 aromatic carbocycles. The van der Waals surface area contributed by atoms with Crippen LogP contribution in [-0.4, -0.2) is 64.7 Å². The van der Waals surface area contributed by atoms with Crippen molar-refractivity contribution in [2.24, 2.45) is 5.73 Å². The fourth-order valence-corrected chi connectivity index (χ4v) is 5.87. The zero-order valence-electron chi connectivity index (χ0n) is 21.5. The average molecular weight is 602 g/mol. The second-order valence-corrected chi connectivity index (χ2v) is 10.7. The van der Waals surface area contributed by atoms with E-state index in [9.17, 15) is 18.4 Å². The summed E-state index contributed by atoms with van der Waals surface area (Å²) in [4.78, 5) is 32.7. The number of hydrogen-bond acceptors (Lipinski definition) is 4. The standard InChI is InChI=1S/C28H31ClF2N4O2.2ClH/c29-21-5-6-23-20(14-21)4-3-19-2-1-11-33-27(19)26(23)18-8-12-34(13-9-18)25(37)15-22(32)16-35-17-28(30,31)10-7-24(35)36;;/h1-2,5-6,11,14,22H,3-4,7-10,12-13,15-17,32H2;2*1H. The third kappa shape index (κ3) is 7.09. The first-order valence-electron chi connectivity index (χ1n) is 12.8. The molecule has 3 heterocycles. The van der Waals surface area contributed by atoms with E-state index < -0.39 is 24.9 Å². The first-order valence-corrected chi connectivity index (χ1v) is 13.2. The smallest absolute Gasteiger partial charge is 0.265 e. The Morgan fingerprint density at radius 1 is 1.08 bits per heavy atom. The molecule has 2 aliphatic heterocycles. The highest BCUT2D eigenvalue weighted by Crippen LogP contribution is 2.38. The summed E-state index contributed by atoms with van der Waals surface area (Å²) in [5.41, 5.74) is 13.1. The second kappa shape index (κ2) is 12.9. The molecule has 2 saturated heterocycles. The van der Waals surface area contributed by atoms with E-state index in [0.717, 1.165) is 34.6 Å². The van der Waals surface area contributed by atoms with Crippen molar-refractivity contribution >= 4 is 53.8 Å². The molecule has 3 aliphatic rings. The Morgan fingerprint density at radius 2 is 1.79 bits per heavy atom. The Bertz CT molecular complexity index is 1250. The number of fused-ring (bicyclic) bond motifs is 2. The molecular weight excluding hydrogens is 569 g/mol. The molecule has 2 amide bonds. The molecule has 39 heavy (non-hydrogen) atoms. The Morgan fingerprint density at radius 3 is 2.54 bits per heavy atom. The van der Waals surface area contributed by atoms with Gasteiger partial charge in [0.2, 0.25) is 11.8 Å². The number of nitrogens with two attached hydrogens (primary N) is 1. The van der Waals surface area contributed by atoms with E-state index in [2.05, 4.69) is 12.1 Å². The molecule has 2 aromatic rings. The van der Waals surface area contributed by atoms with Gasteiger partial charge < -0.3 is 15.5 Å². The van der Waals surface area contributed by atoms with Gasteiger partial charge in [0.15, 0.2) is 0 Å². The minimum Gasteiger partial charge on any atom is -0.342 e. The summed E-state index contributed by atoms with van der Waals surface area (Å²) < 4.78 is 27.5. The van der Waals surface area contributed by atoms with Crippen LogP contribution in [0.4, 0.5) is 8.78 Å². The van der Waals surface area contributed by atoms with Crippen LogP contribution < -0.4 is 5.73 Å². The van der Waals surface area contributed by atoms with Crippen molar-refractivity contribution in [3.63, 3.8) is 0 Å². The molecule has 1 atom stereocenters. The van der Waals surface area contributed by atoms with Gasteiger partial charge >= 0.3 is 0 Å². The molecule has 0 radical (unpaired) electrons. The summed E-state index contributed by atoms with van der Waals surface area (Å²) in [6.45, 7) is 0.439. The number of carbonyl (C=O) groups is 2. The lowest BCUT2D eigenvalue weighted by atomic mass is 9.88. The number of alkyl halides is 2. The number of hydrogen-bond donors (Lipinski definition) is 1. The maximum Gasteiger partial charge on any atom is 0.265 e. The van der Waals surface area contributed by atoms with Gasteiger partial charge in [-0.1, -0.05) is 29.3 Å². The van der Waals surface area contributed by atoms with Crippen LogP contribution in [0.1, 0.15) is 54.5 Å². The third-order valence-corrected chi connectivity index (χ3v) is 7.81. The monoisotopic (exact) mass is 600 g/mol. The van der Waals surface area contributed by atoms with Crippen LogP contribution in [-0.2, 0) is 22.4 Å². The van der Waals surface area contributed by atoms with Crippen LogP contribution in [0.5, 0.6) is 0 Å². The predicted molar refractivity (Wildman–Crippen MR) is 153 cm³/mol. The van der Waals surface area contributed by atoms with E-state index in [1.165, 1.54) is 16.7 Å². The van der Waals surface area contributed by atoms with Gasteiger partial charge in [0.05, 0.1) is 12.2 Å². The van der Waals surface area contributed by atoms with Crippen molar-refractivity contribution in [1.29, 1.82) is 0 Å². The molecule has 2 N–H and O–H groups in total. The first kappa shape index (κ1) is 31.3. The highest BCUT2D eigenvalue weighted by atomic mass is 35.5. The van der Waals surface area contributed by atoms with Crippen molar-refractivity contribution in [3.05, 3.63) is 69.5 Å². The minimum absolute atomic E-state index is 0. The van der Waals surface area contributed by atoms with Gasteiger partial charge in [-0.05, 0) is 60.6 Å². The van der Waals surface area contributed by atoms with Crippen LogP contribution in [0, 0.1) is 0 Å². The first-order chi connectivity index (χ1) is 17.7. The Balaban J connectivity index is 0.00000210. The summed E-state index contributed by atoms with van der Waals surface area (Å²) in [6.07, 6.45) is 4.43. The number of rotatable bonds is 4. The summed E-state index contributed by atoms with van der Waals surface area (Å²) in [5.74, 6) is -3.34. The van der Waals surface area contributed by atoms with Crippen LogP contribution >= 0.6 is 36.4 Å². The zero-order chi connectivity index (χ0) is 26.2. The highest BCUT2D eigenvalue weighted by Gasteiger charge is 2.39. The fourth-order valence-electron chi connectivity index (χ4n) is 5.67. The van der Waals surface area contributed by atoms with E-state index in [0.29, 0.717) is 31.0 Å². The number of benzene rings is 1. The van der Waals surface area contributed by atoms with E-state index >= 15 is 0 Å². The molecule has 1 unspecified atom stereocenters. The summed E-state index contributed by atoms with van der Waals surface area (Å²) in [5, 5.41) is 0.716. The molecule has 5 rings (SSSR count). The molecule has 0 spiro atoms. The Kier molecular flexibility index (Phi) is 10.4. The predicted octanol–water partition coefficient (Wildman–Crippen LogP) is 5.08. The fraction of sp³-hybridized carbons (Fsp3) is 0.464. The summed E-state index contributed by atoms with van der Waals surface area (Å²) in [6, 6.07) is 9.43. The molecule has 1 aliphatic carbocycles. The summed E-state index contributed by atoms with van der Waals surface area (Å²) >= 11 is 6.31. The number of likely N-dealkylation sites (tertiary alicyclic amines) is 2. The van der Waals surface area contributed by atoms with Crippen LogP contribution in [0.2, 0.25) is 5.02 Å². The van der Waals surface area contributed by atoms with Gasteiger partial charge in [-0.2, -0.15) is 0 Å². The lowest BCUT2D eigenvalue weighted by Gasteiger charge is -2.35. The second-order valence-electron chi connectivity index (χ2n) is 10.3. The molecule has 0 bridgehead atoms. The Hall–Kier alpha value is -2.26. The number of aromatic nitrogens is 1. The molecule has 2 fully saturated rings. The van der Waals surface area contributed by atoms with Crippen LogP contribution in [0.25, 0.3) is 5.57 Å². The minimum atomic E-state index is -2.90. The molecule has 212 valence electrons. The number of aryl methyl sites for hydroxylation is 2. The van der Waals surface area contributed by atoms with Gasteiger partial charge in [0, 0.05) is 61.7 Å². The SMILES string of the molecule is Cl.Cl.NC(CC(=O)N1CCC(=C2c3ccc(Cl)cc3CCc3cccnc32)CC1)CN1CC(F)(F)CCC1=O. The Labute approximate surface area is 244 Å². The summed E-state index contributed by atoms with van der Waals surface area (Å²) in [7, 11) is 0. The number of piperidine rings is 2.